The summed E-state index contributed by atoms with van der Waals surface area (Å²) in [5, 5.41) is 3.50. The number of halogens is 1. The van der Waals surface area contributed by atoms with Gasteiger partial charge >= 0.3 is 0 Å². The van der Waals surface area contributed by atoms with Crippen molar-refractivity contribution in [1.82, 2.24) is 20.2 Å². The molecule has 0 saturated carbocycles. The Morgan fingerprint density at radius 2 is 2.04 bits per heavy atom. The molecule has 1 atom stereocenters. The van der Waals surface area contributed by atoms with Crippen LogP contribution in [0.25, 0.3) is 0 Å². The number of benzene rings is 1. The van der Waals surface area contributed by atoms with Gasteiger partial charge in [-0.3, -0.25) is 14.9 Å². The lowest BCUT2D eigenvalue weighted by molar-refractivity contribution is 0.153. The van der Waals surface area contributed by atoms with Gasteiger partial charge in [0.1, 0.15) is 12.4 Å². The summed E-state index contributed by atoms with van der Waals surface area (Å²) >= 11 is 0. The van der Waals surface area contributed by atoms with Crippen molar-refractivity contribution >= 4 is 12.4 Å². The zero-order valence-corrected chi connectivity index (χ0v) is 16.5. The number of piperazine rings is 1. The largest absolute Gasteiger partial charge is 0.487 e. The van der Waals surface area contributed by atoms with Crippen molar-refractivity contribution in [3.05, 3.63) is 90.0 Å². The highest BCUT2D eigenvalue weighted by molar-refractivity contribution is 5.85. The van der Waals surface area contributed by atoms with Gasteiger partial charge in [-0.05, 0) is 41.5 Å². The highest BCUT2D eigenvalue weighted by atomic mass is 35.5. The summed E-state index contributed by atoms with van der Waals surface area (Å²) in [7, 11) is 0. The maximum atomic E-state index is 5.93. The quantitative estimate of drug-likeness (QED) is 0.689. The van der Waals surface area contributed by atoms with E-state index in [0.29, 0.717) is 12.6 Å². The van der Waals surface area contributed by atoms with Crippen LogP contribution in [0.5, 0.6) is 5.75 Å². The SMILES string of the molecule is Cl.c1ccc(COc2cccc(CN3CCNCC3c3cccnc3)c2)nc1. The van der Waals surface area contributed by atoms with E-state index in [9.17, 15) is 0 Å². The Bertz CT molecular complexity index is 847. The molecule has 0 spiro atoms. The number of hydrogen-bond acceptors (Lipinski definition) is 5. The van der Waals surface area contributed by atoms with Gasteiger partial charge in [0.25, 0.3) is 0 Å². The molecule has 5 nitrogen and oxygen atoms in total. The monoisotopic (exact) mass is 396 g/mol. The second-order valence-corrected chi connectivity index (χ2v) is 6.73. The molecular weight excluding hydrogens is 372 g/mol. The molecule has 1 aliphatic rings. The molecule has 1 saturated heterocycles. The molecule has 146 valence electrons. The highest BCUT2D eigenvalue weighted by Gasteiger charge is 2.23. The van der Waals surface area contributed by atoms with Gasteiger partial charge in [0.05, 0.1) is 5.69 Å². The fourth-order valence-electron chi connectivity index (χ4n) is 3.45. The summed E-state index contributed by atoms with van der Waals surface area (Å²) < 4.78 is 5.93. The van der Waals surface area contributed by atoms with Crippen LogP contribution in [0.1, 0.15) is 22.9 Å². The lowest BCUT2D eigenvalue weighted by Crippen LogP contribution is -2.45. The molecular formula is C22H25ClN4O. The first kappa shape index (κ1) is 20.3. The number of aromatic nitrogens is 2. The van der Waals surface area contributed by atoms with Crippen LogP contribution in [0.15, 0.2) is 73.2 Å². The molecule has 4 rings (SSSR count). The van der Waals surface area contributed by atoms with Crippen LogP contribution in [0, 0.1) is 0 Å². The van der Waals surface area contributed by atoms with E-state index in [4.69, 9.17) is 4.74 Å². The van der Waals surface area contributed by atoms with Crippen molar-refractivity contribution in [1.29, 1.82) is 0 Å². The average molecular weight is 397 g/mol. The third-order valence-electron chi connectivity index (χ3n) is 4.82. The Kier molecular flexibility index (Phi) is 7.37. The van der Waals surface area contributed by atoms with Crippen molar-refractivity contribution in [2.75, 3.05) is 19.6 Å². The first-order valence-corrected chi connectivity index (χ1v) is 9.35. The van der Waals surface area contributed by atoms with Crippen LogP contribution in [0.2, 0.25) is 0 Å². The third-order valence-corrected chi connectivity index (χ3v) is 4.82. The zero-order valence-electron chi connectivity index (χ0n) is 15.7. The summed E-state index contributed by atoms with van der Waals surface area (Å²) in [6.07, 6.45) is 5.58. The van der Waals surface area contributed by atoms with Gasteiger partial charge < -0.3 is 10.1 Å². The molecule has 2 aromatic heterocycles. The molecule has 0 bridgehead atoms. The van der Waals surface area contributed by atoms with Crippen LogP contribution in [-0.2, 0) is 13.2 Å². The summed E-state index contributed by atoms with van der Waals surface area (Å²) in [5.74, 6) is 0.881. The molecule has 0 amide bonds. The number of rotatable bonds is 6. The maximum Gasteiger partial charge on any atom is 0.130 e. The number of nitrogens with one attached hydrogen (secondary N) is 1. The van der Waals surface area contributed by atoms with Crippen LogP contribution in [0.4, 0.5) is 0 Å². The lowest BCUT2D eigenvalue weighted by atomic mass is 10.0. The third kappa shape index (κ3) is 5.29. The van der Waals surface area contributed by atoms with E-state index < -0.39 is 0 Å². The number of ether oxygens (including phenoxy) is 1. The standard InChI is InChI=1S/C22H24N4O.ClH/c1-2-10-25-20(7-1)17-27-21-8-3-5-18(13-21)16-26-12-11-24-15-22(26)19-6-4-9-23-14-19;/h1-10,13-14,22,24H,11-12,15-17H2;1H. The summed E-state index contributed by atoms with van der Waals surface area (Å²) in [6.45, 7) is 4.34. The number of nitrogens with zero attached hydrogens (tertiary/aromatic N) is 3. The summed E-state index contributed by atoms with van der Waals surface area (Å²) in [4.78, 5) is 11.1. The van der Waals surface area contributed by atoms with Crippen LogP contribution < -0.4 is 10.1 Å². The zero-order chi connectivity index (χ0) is 18.3. The molecule has 1 aliphatic heterocycles. The van der Waals surface area contributed by atoms with E-state index in [2.05, 4.69) is 44.5 Å². The molecule has 28 heavy (non-hydrogen) atoms. The molecule has 1 unspecified atom stereocenters. The average Bonchev–Trinajstić information content (AvgIpc) is 2.74. The molecule has 6 heteroatoms. The van der Waals surface area contributed by atoms with Crippen molar-refractivity contribution in [3.8, 4) is 5.75 Å². The molecule has 3 aromatic rings. The van der Waals surface area contributed by atoms with Gasteiger partial charge in [-0.25, -0.2) is 0 Å². The molecule has 1 fully saturated rings. The van der Waals surface area contributed by atoms with Gasteiger partial charge in [-0.2, -0.15) is 0 Å². The Morgan fingerprint density at radius 1 is 1.07 bits per heavy atom. The predicted octanol–water partition coefficient (Wildman–Crippen LogP) is 3.62. The van der Waals surface area contributed by atoms with E-state index in [1.807, 2.05) is 42.7 Å². The van der Waals surface area contributed by atoms with E-state index in [0.717, 1.165) is 37.6 Å². The second-order valence-electron chi connectivity index (χ2n) is 6.73. The Labute approximate surface area is 172 Å². The Morgan fingerprint density at radius 3 is 2.86 bits per heavy atom. The first-order valence-electron chi connectivity index (χ1n) is 9.35. The molecule has 3 heterocycles. The van der Waals surface area contributed by atoms with Gasteiger partial charge in [0.2, 0.25) is 0 Å². The van der Waals surface area contributed by atoms with Crippen molar-refractivity contribution in [3.63, 3.8) is 0 Å². The van der Waals surface area contributed by atoms with E-state index in [1.165, 1.54) is 11.1 Å². The maximum absolute atomic E-state index is 5.93. The van der Waals surface area contributed by atoms with E-state index in [1.54, 1.807) is 6.20 Å². The van der Waals surface area contributed by atoms with Crippen molar-refractivity contribution in [2.45, 2.75) is 19.2 Å². The van der Waals surface area contributed by atoms with Gasteiger partial charge in [0, 0.05) is 50.8 Å². The fraction of sp³-hybridized carbons (Fsp3) is 0.273. The Balaban J connectivity index is 0.00000225. The lowest BCUT2D eigenvalue weighted by Gasteiger charge is -2.36. The second kappa shape index (κ2) is 10.2. The van der Waals surface area contributed by atoms with Crippen LogP contribution in [0.3, 0.4) is 0 Å². The molecule has 1 N–H and O–H groups in total. The minimum absolute atomic E-state index is 0. The number of pyridine rings is 2. The smallest absolute Gasteiger partial charge is 0.130 e. The minimum atomic E-state index is 0. The fourth-order valence-corrected chi connectivity index (χ4v) is 3.45. The topological polar surface area (TPSA) is 50.3 Å². The first-order chi connectivity index (χ1) is 13.4. The summed E-state index contributed by atoms with van der Waals surface area (Å²) in [6, 6.07) is 18.7. The molecule has 0 radical (unpaired) electrons. The van der Waals surface area contributed by atoms with Crippen LogP contribution in [-0.4, -0.2) is 34.5 Å². The van der Waals surface area contributed by atoms with Crippen LogP contribution >= 0.6 is 12.4 Å². The van der Waals surface area contributed by atoms with Gasteiger partial charge in [-0.15, -0.1) is 12.4 Å². The highest BCUT2D eigenvalue weighted by Crippen LogP contribution is 2.24. The minimum Gasteiger partial charge on any atom is -0.487 e. The molecule has 1 aromatic carbocycles. The summed E-state index contributed by atoms with van der Waals surface area (Å²) in [5.41, 5.74) is 3.44. The Hall–Kier alpha value is -2.47. The van der Waals surface area contributed by atoms with E-state index in [-0.39, 0.29) is 12.4 Å². The number of hydrogen-bond donors (Lipinski definition) is 1. The normalized spacial score (nSPS) is 16.9. The van der Waals surface area contributed by atoms with E-state index >= 15 is 0 Å². The van der Waals surface area contributed by atoms with Gasteiger partial charge in [0.15, 0.2) is 0 Å². The van der Waals surface area contributed by atoms with Crippen molar-refractivity contribution < 1.29 is 4.74 Å². The van der Waals surface area contributed by atoms with Gasteiger partial charge in [-0.1, -0.05) is 24.3 Å². The van der Waals surface area contributed by atoms with Crippen molar-refractivity contribution in [2.24, 2.45) is 0 Å². The predicted molar refractivity (Wildman–Crippen MR) is 113 cm³/mol. The molecule has 0 aliphatic carbocycles.